The predicted octanol–water partition coefficient (Wildman–Crippen LogP) is 2.06. The van der Waals surface area contributed by atoms with Gasteiger partial charge in [-0.25, -0.2) is 4.39 Å². The minimum Gasteiger partial charge on any atom is -0.381 e. The van der Waals surface area contributed by atoms with Gasteiger partial charge in [-0.1, -0.05) is 0 Å². The molecule has 0 saturated heterocycles. The predicted molar refractivity (Wildman–Crippen MR) is 62.8 cm³/mol. The third-order valence-corrected chi connectivity index (χ3v) is 2.14. The summed E-state index contributed by atoms with van der Waals surface area (Å²) in [6.07, 6.45) is 0. The first-order valence-electron chi connectivity index (χ1n) is 5.14. The van der Waals surface area contributed by atoms with E-state index in [1.807, 2.05) is 21.0 Å². The lowest BCUT2D eigenvalue weighted by molar-refractivity contribution is 0.392. The minimum absolute atomic E-state index is 0.0748. The van der Waals surface area contributed by atoms with Crippen LogP contribution in [0.2, 0.25) is 0 Å². The molecule has 0 fully saturated rings. The molecule has 1 rings (SSSR count). The molecule has 0 radical (unpaired) electrons. The smallest absolute Gasteiger partial charge is 0.143 e. The van der Waals surface area contributed by atoms with Crippen molar-refractivity contribution in [2.45, 2.75) is 13.0 Å². The molecular weight excluding hydrogens is 205 g/mol. The Kier molecular flexibility index (Phi) is 4.27. The van der Waals surface area contributed by atoms with Crippen LogP contribution in [0, 0.1) is 17.1 Å². The van der Waals surface area contributed by atoms with Crippen molar-refractivity contribution in [3.05, 3.63) is 29.6 Å². The molecule has 0 heterocycles. The largest absolute Gasteiger partial charge is 0.381 e. The van der Waals surface area contributed by atoms with E-state index in [-0.39, 0.29) is 11.6 Å². The molecule has 0 amide bonds. The number of nitriles is 1. The fourth-order valence-electron chi connectivity index (χ4n) is 1.57. The summed E-state index contributed by atoms with van der Waals surface area (Å²) in [6.45, 7) is 2.89. The number of anilines is 1. The van der Waals surface area contributed by atoms with Gasteiger partial charge in [0.1, 0.15) is 11.9 Å². The quantitative estimate of drug-likeness (QED) is 0.845. The van der Waals surface area contributed by atoms with Gasteiger partial charge in [-0.2, -0.15) is 5.26 Å². The maximum Gasteiger partial charge on any atom is 0.143 e. The van der Waals surface area contributed by atoms with Crippen molar-refractivity contribution in [3.8, 4) is 6.07 Å². The fraction of sp³-hybridized carbons (Fsp3) is 0.417. The molecular formula is C12H16FN3. The normalized spacial score (nSPS) is 12.2. The second-order valence-electron chi connectivity index (χ2n) is 4.11. The lowest BCUT2D eigenvalue weighted by Gasteiger charge is -2.19. The van der Waals surface area contributed by atoms with Gasteiger partial charge in [0, 0.05) is 18.3 Å². The summed E-state index contributed by atoms with van der Waals surface area (Å²) in [5.41, 5.74) is 0.775. The summed E-state index contributed by atoms with van der Waals surface area (Å²) in [4.78, 5) is 2.05. The summed E-state index contributed by atoms with van der Waals surface area (Å²) in [7, 11) is 3.97. The van der Waals surface area contributed by atoms with E-state index in [2.05, 4.69) is 10.2 Å². The van der Waals surface area contributed by atoms with Crippen LogP contribution in [-0.4, -0.2) is 31.6 Å². The van der Waals surface area contributed by atoms with E-state index >= 15 is 0 Å². The summed E-state index contributed by atoms with van der Waals surface area (Å²) >= 11 is 0. The van der Waals surface area contributed by atoms with Gasteiger partial charge in [0.25, 0.3) is 0 Å². The second kappa shape index (κ2) is 5.47. The van der Waals surface area contributed by atoms with Gasteiger partial charge in [0.2, 0.25) is 0 Å². The van der Waals surface area contributed by atoms with Crippen molar-refractivity contribution in [1.82, 2.24) is 4.90 Å². The first kappa shape index (κ1) is 12.5. The minimum atomic E-state index is -0.482. The summed E-state index contributed by atoms with van der Waals surface area (Å²) in [6, 6.07) is 6.58. The molecule has 4 heteroatoms. The van der Waals surface area contributed by atoms with Gasteiger partial charge >= 0.3 is 0 Å². The summed E-state index contributed by atoms with van der Waals surface area (Å²) in [5.74, 6) is -0.482. The van der Waals surface area contributed by atoms with E-state index in [9.17, 15) is 4.39 Å². The molecule has 0 aliphatic heterocycles. The molecule has 0 aliphatic rings. The number of nitrogens with zero attached hydrogens (tertiary/aromatic N) is 2. The molecule has 3 nitrogen and oxygen atoms in total. The Balaban J connectivity index is 2.69. The monoisotopic (exact) mass is 221 g/mol. The zero-order chi connectivity index (χ0) is 12.1. The topological polar surface area (TPSA) is 39.1 Å². The van der Waals surface area contributed by atoms with Crippen LogP contribution in [0.15, 0.2) is 18.2 Å². The first-order chi connectivity index (χ1) is 7.52. The molecule has 16 heavy (non-hydrogen) atoms. The summed E-state index contributed by atoms with van der Waals surface area (Å²) in [5, 5.41) is 11.8. The van der Waals surface area contributed by atoms with Gasteiger partial charge in [-0.05, 0) is 39.2 Å². The van der Waals surface area contributed by atoms with Crippen LogP contribution in [0.4, 0.5) is 10.1 Å². The maximum atomic E-state index is 13.3. The van der Waals surface area contributed by atoms with E-state index in [0.29, 0.717) is 5.69 Å². The van der Waals surface area contributed by atoms with Crippen molar-refractivity contribution in [1.29, 1.82) is 5.26 Å². The van der Waals surface area contributed by atoms with Crippen molar-refractivity contribution in [3.63, 3.8) is 0 Å². The first-order valence-corrected chi connectivity index (χ1v) is 5.14. The molecule has 1 aromatic rings. The van der Waals surface area contributed by atoms with Crippen LogP contribution in [0.1, 0.15) is 12.5 Å². The van der Waals surface area contributed by atoms with E-state index in [1.165, 1.54) is 12.1 Å². The van der Waals surface area contributed by atoms with Crippen molar-refractivity contribution in [2.75, 3.05) is 26.0 Å². The lowest BCUT2D eigenvalue weighted by atomic mass is 10.2. The molecule has 0 aliphatic carbocycles. The highest BCUT2D eigenvalue weighted by Gasteiger charge is 2.06. The number of halogens is 1. The van der Waals surface area contributed by atoms with E-state index in [4.69, 9.17) is 5.26 Å². The average Bonchev–Trinajstić information content (AvgIpc) is 2.16. The molecule has 86 valence electrons. The number of benzene rings is 1. The van der Waals surface area contributed by atoms with Crippen LogP contribution >= 0.6 is 0 Å². The molecule has 1 aromatic carbocycles. The van der Waals surface area contributed by atoms with Gasteiger partial charge in [-0.15, -0.1) is 0 Å². The molecule has 1 N–H and O–H groups in total. The van der Waals surface area contributed by atoms with Crippen LogP contribution in [0.25, 0.3) is 0 Å². The van der Waals surface area contributed by atoms with Crippen LogP contribution < -0.4 is 5.32 Å². The van der Waals surface area contributed by atoms with Crippen LogP contribution in [-0.2, 0) is 0 Å². The highest BCUT2D eigenvalue weighted by atomic mass is 19.1. The van der Waals surface area contributed by atoms with Crippen molar-refractivity contribution in [2.24, 2.45) is 0 Å². The number of rotatable bonds is 4. The Labute approximate surface area is 95.5 Å². The van der Waals surface area contributed by atoms with Crippen molar-refractivity contribution >= 4 is 5.69 Å². The number of hydrogen-bond donors (Lipinski definition) is 1. The lowest BCUT2D eigenvalue weighted by Crippen LogP contribution is -2.29. The summed E-state index contributed by atoms with van der Waals surface area (Å²) < 4.78 is 13.3. The number of nitrogens with one attached hydrogen (secondary N) is 1. The highest BCUT2D eigenvalue weighted by Crippen LogP contribution is 2.14. The van der Waals surface area contributed by atoms with Crippen LogP contribution in [0.3, 0.4) is 0 Å². The molecule has 0 saturated carbocycles. The standard InChI is InChI=1S/C12H16FN3/c1-9(8-16(2)3)15-11-5-4-10(7-14)12(13)6-11/h4-6,9,15H,8H2,1-3H3. The second-order valence-corrected chi connectivity index (χ2v) is 4.11. The zero-order valence-electron chi connectivity index (χ0n) is 9.79. The molecule has 1 unspecified atom stereocenters. The maximum absolute atomic E-state index is 13.3. The van der Waals surface area contributed by atoms with Crippen molar-refractivity contribution < 1.29 is 4.39 Å². The molecule has 0 spiro atoms. The van der Waals surface area contributed by atoms with E-state index < -0.39 is 5.82 Å². The Hall–Kier alpha value is -1.60. The van der Waals surface area contributed by atoms with Gasteiger partial charge in [-0.3, -0.25) is 0 Å². The molecule has 1 atom stereocenters. The molecule has 0 bridgehead atoms. The molecule has 0 aromatic heterocycles. The zero-order valence-corrected chi connectivity index (χ0v) is 9.79. The fourth-order valence-corrected chi connectivity index (χ4v) is 1.57. The van der Waals surface area contributed by atoms with Gasteiger partial charge in [0.15, 0.2) is 0 Å². The Morgan fingerprint density at radius 2 is 2.19 bits per heavy atom. The van der Waals surface area contributed by atoms with E-state index in [0.717, 1.165) is 6.54 Å². The third kappa shape index (κ3) is 3.52. The average molecular weight is 221 g/mol. The highest BCUT2D eigenvalue weighted by molar-refractivity contribution is 5.48. The van der Waals surface area contributed by atoms with Gasteiger partial charge in [0.05, 0.1) is 5.56 Å². The third-order valence-electron chi connectivity index (χ3n) is 2.14. The Bertz CT molecular complexity index is 396. The number of hydrogen-bond acceptors (Lipinski definition) is 3. The Morgan fingerprint density at radius 3 is 2.69 bits per heavy atom. The van der Waals surface area contributed by atoms with E-state index in [1.54, 1.807) is 12.1 Å². The van der Waals surface area contributed by atoms with Gasteiger partial charge < -0.3 is 10.2 Å². The Morgan fingerprint density at radius 1 is 1.50 bits per heavy atom. The number of likely N-dealkylation sites (N-methyl/N-ethyl adjacent to an activating group) is 1. The van der Waals surface area contributed by atoms with Crippen LogP contribution in [0.5, 0.6) is 0 Å². The SMILES string of the molecule is CC(CN(C)C)Nc1ccc(C#N)c(F)c1.